The summed E-state index contributed by atoms with van der Waals surface area (Å²) >= 11 is 7.96. The molecule has 0 aliphatic rings. The molecule has 1 nitrogen and oxygen atoms in total. The second kappa shape index (κ2) is 3.42. The fourth-order valence-corrected chi connectivity index (χ4v) is 1.49. The van der Waals surface area contributed by atoms with E-state index in [4.69, 9.17) is 16.9 Å². The summed E-state index contributed by atoms with van der Waals surface area (Å²) in [4.78, 5) is 0. The Labute approximate surface area is 84.1 Å². The molecule has 0 fully saturated rings. The molecule has 0 saturated carbocycles. The summed E-state index contributed by atoms with van der Waals surface area (Å²) in [6.07, 6.45) is 0. The van der Waals surface area contributed by atoms with E-state index in [9.17, 15) is 0 Å². The Bertz CT molecular complexity index is 328. The van der Waals surface area contributed by atoms with Crippen molar-refractivity contribution in [3.63, 3.8) is 0 Å². The third-order valence-electron chi connectivity index (χ3n) is 1.46. The molecule has 0 heterocycles. The molecule has 1 rings (SSSR count). The van der Waals surface area contributed by atoms with Gasteiger partial charge in [0.05, 0.1) is 10.6 Å². The second-order valence-corrected chi connectivity index (χ2v) is 3.71. The first-order valence-electron chi connectivity index (χ1n) is 3.01. The summed E-state index contributed by atoms with van der Waals surface area (Å²) in [6.45, 7) is 1.90. The Morgan fingerprint density at radius 3 is 2.64 bits per heavy atom. The molecule has 11 heavy (non-hydrogen) atoms. The second-order valence-electron chi connectivity index (χ2n) is 2.14. The topological polar surface area (TPSA) is 23.8 Å². The van der Waals surface area contributed by atoms with Crippen LogP contribution in [-0.4, -0.2) is 0 Å². The highest BCUT2D eigenvalue weighted by Gasteiger charge is 2.04. The van der Waals surface area contributed by atoms with Crippen molar-refractivity contribution in [2.75, 3.05) is 0 Å². The van der Waals surface area contributed by atoms with E-state index in [1.807, 2.05) is 13.0 Å². The zero-order valence-electron chi connectivity index (χ0n) is 5.86. The lowest BCUT2D eigenvalue weighted by Gasteiger charge is -2.01. The van der Waals surface area contributed by atoms with E-state index >= 15 is 0 Å². The molecular weight excluding hydrogens is 272 g/mol. The number of benzene rings is 1. The number of hydrogen-bond donors (Lipinski definition) is 0. The number of halogens is 2. The van der Waals surface area contributed by atoms with Crippen LogP contribution < -0.4 is 0 Å². The van der Waals surface area contributed by atoms with E-state index in [0.29, 0.717) is 10.6 Å². The SMILES string of the molecule is Cc1c(I)ccc(Cl)c1C#N. The number of hydrogen-bond acceptors (Lipinski definition) is 1. The van der Waals surface area contributed by atoms with Crippen LogP contribution in [0.5, 0.6) is 0 Å². The molecule has 0 amide bonds. The van der Waals surface area contributed by atoms with E-state index in [0.717, 1.165) is 9.13 Å². The van der Waals surface area contributed by atoms with E-state index < -0.39 is 0 Å². The normalized spacial score (nSPS) is 9.27. The first kappa shape index (κ1) is 8.82. The molecule has 0 bridgehead atoms. The summed E-state index contributed by atoms with van der Waals surface area (Å²) < 4.78 is 1.07. The van der Waals surface area contributed by atoms with Crippen LogP contribution in [0.4, 0.5) is 0 Å². The number of nitriles is 1. The van der Waals surface area contributed by atoms with Crippen molar-refractivity contribution in [3.8, 4) is 6.07 Å². The van der Waals surface area contributed by atoms with Gasteiger partial charge in [-0.2, -0.15) is 5.26 Å². The summed E-state index contributed by atoms with van der Waals surface area (Å²) in [5, 5.41) is 9.22. The molecule has 1 aromatic rings. The molecule has 3 heteroatoms. The lowest BCUT2D eigenvalue weighted by molar-refractivity contribution is 1.37. The quantitative estimate of drug-likeness (QED) is 0.668. The molecule has 0 N–H and O–H groups in total. The van der Waals surface area contributed by atoms with E-state index in [-0.39, 0.29) is 0 Å². The van der Waals surface area contributed by atoms with Crippen molar-refractivity contribution < 1.29 is 0 Å². The van der Waals surface area contributed by atoms with Gasteiger partial charge in [0, 0.05) is 3.57 Å². The predicted octanol–water partition coefficient (Wildman–Crippen LogP) is 3.12. The molecule has 0 radical (unpaired) electrons. The van der Waals surface area contributed by atoms with E-state index in [1.54, 1.807) is 6.07 Å². The van der Waals surface area contributed by atoms with Gasteiger partial charge in [-0.05, 0) is 47.2 Å². The van der Waals surface area contributed by atoms with Gasteiger partial charge >= 0.3 is 0 Å². The monoisotopic (exact) mass is 277 g/mol. The highest BCUT2D eigenvalue weighted by molar-refractivity contribution is 14.1. The minimum Gasteiger partial charge on any atom is -0.192 e. The van der Waals surface area contributed by atoms with Crippen LogP contribution in [0.3, 0.4) is 0 Å². The van der Waals surface area contributed by atoms with Gasteiger partial charge < -0.3 is 0 Å². The van der Waals surface area contributed by atoms with Crippen molar-refractivity contribution in [1.82, 2.24) is 0 Å². The van der Waals surface area contributed by atoms with Gasteiger partial charge in [-0.1, -0.05) is 11.6 Å². The van der Waals surface area contributed by atoms with Crippen LogP contribution in [0, 0.1) is 21.8 Å². The Morgan fingerprint density at radius 1 is 1.55 bits per heavy atom. The smallest absolute Gasteiger partial charge is 0.101 e. The van der Waals surface area contributed by atoms with Crippen LogP contribution in [0.1, 0.15) is 11.1 Å². The molecule has 0 spiro atoms. The van der Waals surface area contributed by atoms with Crippen molar-refractivity contribution in [1.29, 1.82) is 5.26 Å². The number of nitrogens with zero attached hydrogens (tertiary/aromatic N) is 1. The third kappa shape index (κ3) is 1.66. The maximum absolute atomic E-state index is 8.69. The third-order valence-corrected chi connectivity index (χ3v) is 2.94. The molecule has 1 aromatic carbocycles. The molecule has 0 unspecified atom stereocenters. The van der Waals surface area contributed by atoms with E-state index in [2.05, 4.69) is 28.7 Å². The Hall–Kier alpha value is -0.270. The van der Waals surface area contributed by atoms with E-state index in [1.165, 1.54) is 0 Å². The average Bonchev–Trinajstić information content (AvgIpc) is 1.99. The van der Waals surface area contributed by atoms with Gasteiger partial charge in [-0.3, -0.25) is 0 Å². The Balaban J connectivity index is 3.44. The molecular formula is C8H5ClIN. The zero-order chi connectivity index (χ0) is 8.43. The van der Waals surface area contributed by atoms with Gasteiger partial charge in [0.25, 0.3) is 0 Å². The zero-order valence-corrected chi connectivity index (χ0v) is 8.77. The summed E-state index contributed by atoms with van der Waals surface area (Å²) in [7, 11) is 0. The molecule has 0 aliphatic heterocycles. The van der Waals surface area contributed by atoms with Gasteiger partial charge in [-0.25, -0.2) is 0 Å². The highest BCUT2D eigenvalue weighted by Crippen LogP contribution is 2.22. The number of rotatable bonds is 0. The minimum atomic E-state index is 0.533. The van der Waals surface area contributed by atoms with Crippen molar-refractivity contribution in [2.45, 2.75) is 6.92 Å². The minimum absolute atomic E-state index is 0.533. The highest BCUT2D eigenvalue weighted by atomic mass is 127. The standard InChI is InChI=1S/C8H5ClIN/c1-5-6(4-11)7(9)2-3-8(5)10/h2-3H,1H3. The van der Waals surface area contributed by atoms with Crippen LogP contribution in [-0.2, 0) is 0 Å². The van der Waals surface area contributed by atoms with Gasteiger partial charge in [-0.15, -0.1) is 0 Å². The van der Waals surface area contributed by atoms with Gasteiger partial charge in [0.2, 0.25) is 0 Å². The van der Waals surface area contributed by atoms with Crippen molar-refractivity contribution in [2.24, 2.45) is 0 Å². The largest absolute Gasteiger partial charge is 0.192 e. The average molecular weight is 277 g/mol. The maximum Gasteiger partial charge on any atom is 0.101 e. The lowest BCUT2D eigenvalue weighted by atomic mass is 10.1. The van der Waals surface area contributed by atoms with Crippen molar-refractivity contribution in [3.05, 3.63) is 31.9 Å². The summed E-state index contributed by atoms with van der Waals surface area (Å²) in [6, 6.07) is 5.71. The fourth-order valence-electron chi connectivity index (χ4n) is 0.790. The predicted molar refractivity (Wildman–Crippen MR) is 53.6 cm³/mol. The maximum atomic E-state index is 8.69. The molecule has 0 saturated heterocycles. The summed E-state index contributed by atoms with van der Waals surface area (Å²) in [5.41, 5.74) is 1.54. The molecule has 0 aliphatic carbocycles. The summed E-state index contributed by atoms with van der Waals surface area (Å²) in [5.74, 6) is 0. The van der Waals surface area contributed by atoms with Crippen LogP contribution in [0.15, 0.2) is 12.1 Å². The van der Waals surface area contributed by atoms with Crippen LogP contribution >= 0.6 is 34.2 Å². The Morgan fingerprint density at radius 2 is 2.18 bits per heavy atom. The molecule has 0 atom stereocenters. The first-order valence-corrected chi connectivity index (χ1v) is 4.47. The Kier molecular flexibility index (Phi) is 2.74. The molecule has 56 valence electrons. The van der Waals surface area contributed by atoms with Crippen LogP contribution in [0.2, 0.25) is 5.02 Å². The van der Waals surface area contributed by atoms with Gasteiger partial charge in [0.1, 0.15) is 6.07 Å². The molecule has 0 aromatic heterocycles. The fraction of sp³-hybridized carbons (Fsp3) is 0.125. The van der Waals surface area contributed by atoms with Crippen molar-refractivity contribution >= 4 is 34.2 Å². The van der Waals surface area contributed by atoms with Crippen LogP contribution in [0.25, 0.3) is 0 Å². The first-order chi connectivity index (χ1) is 5.16. The lowest BCUT2D eigenvalue weighted by Crippen LogP contribution is -1.87. The van der Waals surface area contributed by atoms with Gasteiger partial charge in [0.15, 0.2) is 0 Å².